The minimum absolute atomic E-state index is 0.245. The number of aryl methyl sites for hydroxylation is 1. The highest BCUT2D eigenvalue weighted by Crippen LogP contribution is 2.37. The number of carbonyl (C=O) groups excluding carboxylic acids is 3. The molecule has 1 N–H and O–H groups in total. The molecule has 0 bridgehead atoms. The van der Waals surface area contributed by atoms with Crippen LogP contribution >= 0.6 is 11.8 Å². The molecule has 0 aliphatic carbocycles. The van der Waals surface area contributed by atoms with Gasteiger partial charge in [0.15, 0.2) is 18.1 Å². The molecule has 1 saturated heterocycles. The van der Waals surface area contributed by atoms with Crippen LogP contribution in [0, 0.1) is 6.92 Å². The van der Waals surface area contributed by atoms with Gasteiger partial charge < -0.3 is 14.8 Å². The van der Waals surface area contributed by atoms with Crippen LogP contribution in [0.15, 0.2) is 47.4 Å². The number of amides is 3. The zero-order valence-electron chi connectivity index (χ0n) is 16.9. The number of imide groups is 1. The van der Waals surface area contributed by atoms with Crippen molar-refractivity contribution in [3.05, 3.63) is 58.5 Å². The summed E-state index contributed by atoms with van der Waals surface area (Å²) < 4.78 is 11.1. The molecular weight excluding hydrogens is 404 g/mol. The maximum absolute atomic E-state index is 12.4. The summed E-state index contributed by atoms with van der Waals surface area (Å²) >= 11 is 0.874. The van der Waals surface area contributed by atoms with Gasteiger partial charge in [0.1, 0.15) is 0 Å². The van der Waals surface area contributed by atoms with Crippen molar-refractivity contribution in [3.8, 4) is 11.5 Å². The van der Waals surface area contributed by atoms with E-state index >= 15 is 0 Å². The second-order valence-electron chi connectivity index (χ2n) is 6.51. The van der Waals surface area contributed by atoms with Crippen molar-refractivity contribution in [1.82, 2.24) is 4.90 Å². The van der Waals surface area contributed by atoms with Crippen molar-refractivity contribution in [1.29, 1.82) is 0 Å². The molecule has 156 valence electrons. The summed E-state index contributed by atoms with van der Waals surface area (Å²) in [6, 6.07) is 12.6. The Hall–Kier alpha value is -3.26. The lowest BCUT2D eigenvalue weighted by molar-refractivity contribution is -0.122. The number of thioether (sulfide) groups is 1. The first kappa shape index (κ1) is 21.4. The molecular formula is C22H22N2O5S. The van der Waals surface area contributed by atoms with Gasteiger partial charge in [0.2, 0.25) is 0 Å². The number of anilines is 1. The third-order valence-electron chi connectivity index (χ3n) is 4.39. The molecule has 0 spiro atoms. The summed E-state index contributed by atoms with van der Waals surface area (Å²) in [6.45, 7) is 3.77. The van der Waals surface area contributed by atoms with E-state index in [0.29, 0.717) is 34.2 Å². The Kier molecular flexibility index (Phi) is 6.79. The van der Waals surface area contributed by atoms with Gasteiger partial charge in [0.05, 0.1) is 12.0 Å². The first-order valence-electron chi connectivity index (χ1n) is 9.34. The molecule has 2 aromatic rings. The van der Waals surface area contributed by atoms with Gasteiger partial charge in [-0.3, -0.25) is 19.3 Å². The van der Waals surface area contributed by atoms with E-state index in [2.05, 4.69) is 5.32 Å². The minimum atomic E-state index is -0.349. The SMILES string of the molecule is CCN1C(=O)SC(=Cc2cccc(OC)c2OCC(=O)Nc2ccc(C)cc2)C1=O. The van der Waals surface area contributed by atoms with Crippen LogP contribution in [0.25, 0.3) is 6.08 Å². The Labute approximate surface area is 179 Å². The lowest BCUT2D eigenvalue weighted by Crippen LogP contribution is -2.27. The summed E-state index contributed by atoms with van der Waals surface area (Å²) in [7, 11) is 1.49. The summed E-state index contributed by atoms with van der Waals surface area (Å²) in [6.07, 6.45) is 1.58. The molecule has 1 fully saturated rings. The molecule has 0 saturated carbocycles. The largest absolute Gasteiger partial charge is 0.493 e. The zero-order valence-corrected chi connectivity index (χ0v) is 17.7. The van der Waals surface area contributed by atoms with Gasteiger partial charge in [0, 0.05) is 17.8 Å². The van der Waals surface area contributed by atoms with Gasteiger partial charge in [-0.05, 0) is 49.9 Å². The average Bonchev–Trinajstić information content (AvgIpc) is 3.00. The van der Waals surface area contributed by atoms with Gasteiger partial charge in [-0.1, -0.05) is 29.8 Å². The van der Waals surface area contributed by atoms with Crippen molar-refractivity contribution in [3.63, 3.8) is 0 Å². The standard InChI is InChI=1S/C22H22N2O5S/c1-4-24-21(26)18(30-22(24)27)12-15-6-5-7-17(28-3)20(15)29-13-19(25)23-16-10-8-14(2)9-11-16/h5-12H,4,13H2,1-3H3,(H,23,25). The Balaban J connectivity index is 1.78. The Bertz CT molecular complexity index is 1000. The lowest BCUT2D eigenvalue weighted by atomic mass is 10.1. The molecule has 2 aromatic carbocycles. The van der Waals surface area contributed by atoms with Gasteiger partial charge in [0.25, 0.3) is 17.1 Å². The number of ether oxygens (including phenoxy) is 2. The number of carbonyl (C=O) groups is 3. The van der Waals surface area contributed by atoms with E-state index in [-0.39, 0.29) is 23.7 Å². The number of nitrogens with zero attached hydrogens (tertiary/aromatic N) is 1. The van der Waals surface area contributed by atoms with Crippen LogP contribution in [0.4, 0.5) is 10.5 Å². The van der Waals surface area contributed by atoms with Crippen molar-refractivity contribution in [2.45, 2.75) is 13.8 Å². The molecule has 1 heterocycles. The van der Waals surface area contributed by atoms with E-state index in [1.165, 1.54) is 12.0 Å². The van der Waals surface area contributed by atoms with Crippen molar-refractivity contribution in [2.24, 2.45) is 0 Å². The van der Waals surface area contributed by atoms with Crippen LogP contribution in [0.2, 0.25) is 0 Å². The van der Waals surface area contributed by atoms with Gasteiger partial charge in [-0.2, -0.15) is 0 Å². The number of methoxy groups -OCH3 is 1. The third-order valence-corrected chi connectivity index (χ3v) is 5.30. The van der Waals surface area contributed by atoms with Crippen LogP contribution in [0.5, 0.6) is 11.5 Å². The highest BCUT2D eigenvalue weighted by atomic mass is 32.2. The third kappa shape index (κ3) is 4.83. The lowest BCUT2D eigenvalue weighted by Gasteiger charge is -2.14. The Morgan fingerprint density at radius 3 is 2.53 bits per heavy atom. The normalized spacial score (nSPS) is 14.9. The number of nitrogens with one attached hydrogen (secondary N) is 1. The van der Waals surface area contributed by atoms with Crippen LogP contribution in [-0.4, -0.2) is 42.2 Å². The van der Waals surface area contributed by atoms with Crippen LogP contribution in [-0.2, 0) is 9.59 Å². The minimum Gasteiger partial charge on any atom is -0.493 e. The summed E-state index contributed by atoms with van der Waals surface area (Å²) in [4.78, 5) is 38.1. The second kappa shape index (κ2) is 9.49. The fourth-order valence-electron chi connectivity index (χ4n) is 2.85. The maximum atomic E-state index is 12.4. The molecule has 3 amide bonds. The highest BCUT2D eigenvalue weighted by molar-refractivity contribution is 8.18. The van der Waals surface area contributed by atoms with E-state index < -0.39 is 0 Å². The fourth-order valence-corrected chi connectivity index (χ4v) is 3.74. The molecule has 3 rings (SSSR count). The van der Waals surface area contributed by atoms with E-state index in [4.69, 9.17) is 9.47 Å². The van der Waals surface area contributed by atoms with Crippen LogP contribution in [0.1, 0.15) is 18.1 Å². The van der Waals surface area contributed by atoms with Crippen molar-refractivity contribution < 1.29 is 23.9 Å². The number of hydrogen-bond donors (Lipinski definition) is 1. The Morgan fingerprint density at radius 2 is 1.90 bits per heavy atom. The first-order valence-corrected chi connectivity index (χ1v) is 10.2. The number of para-hydroxylation sites is 1. The average molecular weight is 426 g/mol. The maximum Gasteiger partial charge on any atom is 0.293 e. The Morgan fingerprint density at radius 1 is 1.17 bits per heavy atom. The van der Waals surface area contributed by atoms with Crippen molar-refractivity contribution >= 4 is 40.6 Å². The van der Waals surface area contributed by atoms with Gasteiger partial charge >= 0.3 is 0 Å². The van der Waals surface area contributed by atoms with Crippen LogP contribution in [0.3, 0.4) is 0 Å². The molecule has 1 aliphatic heterocycles. The molecule has 8 heteroatoms. The number of rotatable bonds is 7. The summed E-state index contributed by atoms with van der Waals surface area (Å²) in [5.74, 6) is 0.0596. The van der Waals surface area contributed by atoms with Gasteiger partial charge in [-0.25, -0.2) is 0 Å². The number of hydrogen-bond acceptors (Lipinski definition) is 6. The topological polar surface area (TPSA) is 84.9 Å². The van der Waals surface area contributed by atoms with E-state index in [1.807, 2.05) is 31.2 Å². The molecule has 7 nitrogen and oxygen atoms in total. The van der Waals surface area contributed by atoms with E-state index in [9.17, 15) is 14.4 Å². The predicted molar refractivity (Wildman–Crippen MR) is 117 cm³/mol. The summed E-state index contributed by atoms with van der Waals surface area (Å²) in [5.41, 5.74) is 2.30. The summed E-state index contributed by atoms with van der Waals surface area (Å²) in [5, 5.41) is 2.46. The molecule has 1 aliphatic rings. The van der Waals surface area contributed by atoms with E-state index in [1.54, 1.807) is 31.2 Å². The molecule has 30 heavy (non-hydrogen) atoms. The second-order valence-corrected chi connectivity index (χ2v) is 7.50. The van der Waals surface area contributed by atoms with Crippen LogP contribution < -0.4 is 14.8 Å². The van der Waals surface area contributed by atoms with E-state index in [0.717, 1.165) is 17.3 Å². The zero-order chi connectivity index (χ0) is 21.7. The van der Waals surface area contributed by atoms with Crippen molar-refractivity contribution in [2.75, 3.05) is 25.6 Å². The first-order chi connectivity index (χ1) is 14.4. The monoisotopic (exact) mass is 426 g/mol. The van der Waals surface area contributed by atoms with Gasteiger partial charge in [-0.15, -0.1) is 0 Å². The molecule has 0 aromatic heterocycles. The molecule has 0 unspecified atom stereocenters. The highest BCUT2D eigenvalue weighted by Gasteiger charge is 2.34. The number of benzene rings is 2. The smallest absolute Gasteiger partial charge is 0.293 e. The predicted octanol–water partition coefficient (Wildman–Crippen LogP) is 4.08. The number of likely N-dealkylation sites (N-methyl/N-ethyl adjacent to an activating group) is 1. The quantitative estimate of drug-likeness (QED) is 0.672. The molecule has 0 atom stereocenters. The fraction of sp³-hybridized carbons (Fsp3) is 0.227. The molecule has 0 radical (unpaired) electrons.